The van der Waals surface area contributed by atoms with Gasteiger partial charge >= 0.3 is 6.09 Å². The lowest BCUT2D eigenvalue weighted by Gasteiger charge is -2.35. The number of cyclic esters (lactones) is 1. The van der Waals surface area contributed by atoms with E-state index in [9.17, 15) is 27.6 Å². The standard InChI is InChI=1S/C43H54N6O11S/c1-9-24-19-43(24,38(52)48-61(54,55)27-13-14-27)47-35(50)29-18-26-20-49(29)37(51)34(40(2,3)4)46-39(53)57-22-41(5,6)21-56-25-12-10-11-23(17-25)31-36(58-26)45-32-28(44-31)15-16-30-33(32)60-42(7,8)59-30/h10-12,15-17,24,26-27,29,34H,9,13-14,18-22H2,1-8H3,(H,46,53)(H,47,50)(H,48,52)/t24?,26-,29+,34-,43-/m1/s1. The fourth-order valence-corrected chi connectivity index (χ4v) is 9.52. The third kappa shape index (κ3) is 8.47. The van der Waals surface area contributed by atoms with Crippen molar-refractivity contribution in [3.05, 3.63) is 36.4 Å². The molecule has 5 atom stereocenters. The fourth-order valence-electron chi connectivity index (χ4n) is 8.16. The molecule has 3 N–H and O–H groups in total. The first-order valence-corrected chi connectivity index (χ1v) is 22.4. The van der Waals surface area contributed by atoms with Gasteiger partial charge in [0.2, 0.25) is 33.5 Å². The van der Waals surface area contributed by atoms with Gasteiger partial charge in [-0.15, -0.1) is 0 Å². The van der Waals surface area contributed by atoms with Gasteiger partial charge in [-0.1, -0.05) is 60.1 Å². The molecule has 0 radical (unpaired) electrons. The molecule has 4 bridgehead atoms. The van der Waals surface area contributed by atoms with Crippen molar-refractivity contribution in [3.63, 3.8) is 0 Å². The number of fused-ring (bicyclic) bond motifs is 9. The van der Waals surface area contributed by atoms with Gasteiger partial charge in [-0.05, 0) is 54.9 Å². The third-order valence-electron chi connectivity index (χ3n) is 11.8. The second-order valence-corrected chi connectivity index (χ2v) is 21.1. The Bertz CT molecular complexity index is 2410. The molecule has 2 aliphatic carbocycles. The molecule has 5 aliphatic rings. The maximum absolute atomic E-state index is 14.8. The summed E-state index contributed by atoms with van der Waals surface area (Å²) in [5, 5.41) is 4.99. The Morgan fingerprint density at radius 2 is 1.74 bits per heavy atom. The molecular formula is C43H54N6O11S. The van der Waals surface area contributed by atoms with E-state index in [1.165, 1.54) is 4.90 Å². The molecule has 3 aliphatic heterocycles. The van der Waals surface area contributed by atoms with Crippen LogP contribution >= 0.6 is 0 Å². The van der Waals surface area contributed by atoms with E-state index in [4.69, 9.17) is 33.7 Å². The minimum atomic E-state index is -3.91. The molecule has 2 saturated carbocycles. The van der Waals surface area contributed by atoms with Crippen LogP contribution in [0.3, 0.4) is 0 Å². The van der Waals surface area contributed by atoms with Crippen LogP contribution in [0.4, 0.5) is 4.79 Å². The number of alkyl carbamates (subject to hydrolysis) is 1. The maximum atomic E-state index is 14.8. The summed E-state index contributed by atoms with van der Waals surface area (Å²) in [5.74, 6) is -1.88. The lowest BCUT2D eigenvalue weighted by molar-refractivity contribution is -0.143. The zero-order chi connectivity index (χ0) is 43.9. The summed E-state index contributed by atoms with van der Waals surface area (Å²) in [6.45, 7) is 14.5. The van der Waals surface area contributed by atoms with E-state index in [0.29, 0.717) is 58.8 Å². The van der Waals surface area contributed by atoms with Crippen molar-refractivity contribution in [1.29, 1.82) is 0 Å². The molecule has 61 heavy (non-hydrogen) atoms. The monoisotopic (exact) mass is 862 g/mol. The Labute approximate surface area is 355 Å². The van der Waals surface area contributed by atoms with Crippen molar-refractivity contribution in [2.45, 2.75) is 122 Å². The number of nitrogens with zero attached hydrogens (tertiary/aromatic N) is 3. The summed E-state index contributed by atoms with van der Waals surface area (Å²) in [6, 6.07) is 8.42. The molecule has 1 saturated heterocycles. The van der Waals surface area contributed by atoms with Crippen molar-refractivity contribution in [2.75, 3.05) is 19.8 Å². The zero-order valence-electron chi connectivity index (χ0n) is 35.7. The number of hydrogen-bond donors (Lipinski definition) is 3. The molecule has 4 amide bonds. The average molecular weight is 863 g/mol. The average Bonchev–Trinajstić information content (AvgIpc) is 4.10. The van der Waals surface area contributed by atoms with E-state index in [1.807, 2.05) is 32.9 Å². The smallest absolute Gasteiger partial charge is 0.407 e. The quantitative estimate of drug-likeness (QED) is 0.310. The Kier molecular flexibility index (Phi) is 10.3. The first-order chi connectivity index (χ1) is 28.6. The van der Waals surface area contributed by atoms with Crippen LogP contribution in [0.2, 0.25) is 0 Å². The van der Waals surface area contributed by atoms with Crippen molar-refractivity contribution in [2.24, 2.45) is 16.7 Å². The summed E-state index contributed by atoms with van der Waals surface area (Å²) >= 11 is 0. The van der Waals surface area contributed by atoms with Crippen LogP contribution in [0.25, 0.3) is 22.3 Å². The van der Waals surface area contributed by atoms with E-state index < -0.39 is 79.4 Å². The predicted octanol–water partition coefficient (Wildman–Crippen LogP) is 4.61. The van der Waals surface area contributed by atoms with Crippen molar-refractivity contribution in [3.8, 4) is 34.4 Å². The SMILES string of the molecule is CCC1C[C@]1(NC(=O)[C@@H]1C[C@@H]2CN1C(=O)[C@H](C(C)(C)C)NC(=O)OCC(C)(C)COc1cccc(c1)-c1nc3ccc4c(c3nc1O2)OC(C)(C)O4)C(=O)NS(=O)(=O)C1CC1. The number of carbonyl (C=O) groups excluding carboxylic acids is 4. The van der Waals surface area contributed by atoms with Crippen LogP contribution in [0, 0.1) is 16.7 Å². The van der Waals surface area contributed by atoms with Gasteiger partial charge in [0.15, 0.2) is 11.5 Å². The van der Waals surface area contributed by atoms with Gasteiger partial charge in [-0.25, -0.2) is 23.2 Å². The number of amides is 4. The molecule has 1 unspecified atom stereocenters. The maximum Gasteiger partial charge on any atom is 0.407 e. The first kappa shape index (κ1) is 42.3. The van der Waals surface area contributed by atoms with Crippen molar-refractivity contribution in [1.82, 2.24) is 30.2 Å². The second-order valence-electron chi connectivity index (χ2n) is 19.2. The Hall–Kier alpha value is -5.39. The van der Waals surface area contributed by atoms with Crippen LogP contribution in [0.15, 0.2) is 36.4 Å². The fraction of sp³-hybridized carbons (Fsp3) is 0.581. The summed E-state index contributed by atoms with van der Waals surface area (Å²) < 4.78 is 58.7. The molecule has 2 aromatic carbocycles. The van der Waals surface area contributed by atoms with Crippen LogP contribution < -0.4 is 34.3 Å². The van der Waals surface area contributed by atoms with Gasteiger partial charge in [0, 0.05) is 31.2 Å². The highest BCUT2D eigenvalue weighted by Gasteiger charge is 2.62. The van der Waals surface area contributed by atoms with E-state index >= 15 is 0 Å². The summed E-state index contributed by atoms with van der Waals surface area (Å²) in [7, 11) is -3.91. The highest BCUT2D eigenvalue weighted by atomic mass is 32.2. The van der Waals surface area contributed by atoms with Crippen LogP contribution in [-0.4, -0.2) is 102 Å². The van der Waals surface area contributed by atoms with Gasteiger partial charge in [-0.2, -0.15) is 0 Å². The van der Waals surface area contributed by atoms with Crippen LogP contribution in [-0.2, 0) is 29.1 Å². The molecule has 328 valence electrons. The Morgan fingerprint density at radius 3 is 2.43 bits per heavy atom. The minimum Gasteiger partial charge on any atom is -0.493 e. The molecule has 1 aromatic heterocycles. The number of benzene rings is 2. The van der Waals surface area contributed by atoms with Gasteiger partial charge in [-0.3, -0.25) is 19.1 Å². The van der Waals surface area contributed by atoms with Gasteiger partial charge in [0.25, 0.3) is 5.91 Å². The van der Waals surface area contributed by atoms with E-state index in [-0.39, 0.29) is 44.4 Å². The van der Waals surface area contributed by atoms with Gasteiger partial charge in [0.1, 0.15) is 47.3 Å². The number of aromatic nitrogens is 2. The zero-order valence-corrected chi connectivity index (χ0v) is 36.6. The lowest BCUT2D eigenvalue weighted by atomic mass is 9.85. The number of carbonyl (C=O) groups is 4. The van der Waals surface area contributed by atoms with Gasteiger partial charge < -0.3 is 39.2 Å². The topological polar surface area (TPSA) is 214 Å². The van der Waals surface area contributed by atoms with Crippen molar-refractivity contribution >= 4 is 44.9 Å². The number of hydrogen-bond acceptors (Lipinski definition) is 13. The highest BCUT2D eigenvalue weighted by Crippen LogP contribution is 2.48. The Morgan fingerprint density at radius 1 is 1.00 bits per heavy atom. The summed E-state index contributed by atoms with van der Waals surface area (Å²) in [6.07, 6.45) is -0.104. The number of sulfonamides is 1. The Balaban J connectivity index is 1.20. The predicted molar refractivity (Wildman–Crippen MR) is 221 cm³/mol. The van der Waals surface area contributed by atoms with Crippen LogP contribution in [0.1, 0.15) is 87.5 Å². The number of ether oxygens (including phenoxy) is 5. The molecule has 3 aromatic rings. The molecule has 0 spiro atoms. The van der Waals surface area contributed by atoms with Crippen molar-refractivity contribution < 1.29 is 51.3 Å². The number of nitrogens with one attached hydrogen (secondary N) is 3. The molecular weight excluding hydrogens is 809 g/mol. The summed E-state index contributed by atoms with van der Waals surface area (Å²) in [4.78, 5) is 68.0. The molecule has 3 fully saturated rings. The van der Waals surface area contributed by atoms with E-state index in [1.54, 1.807) is 58.9 Å². The van der Waals surface area contributed by atoms with E-state index in [0.717, 1.165) is 0 Å². The van der Waals surface area contributed by atoms with Gasteiger partial charge in [0.05, 0.1) is 23.9 Å². The first-order valence-electron chi connectivity index (χ1n) is 20.8. The normalized spacial score (nSPS) is 27.0. The van der Waals surface area contributed by atoms with E-state index in [2.05, 4.69) is 15.4 Å². The lowest BCUT2D eigenvalue weighted by Crippen LogP contribution is -2.60. The summed E-state index contributed by atoms with van der Waals surface area (Å²) in [5.41, 5.74) is -1.17. The molecule has 8 rings (SSSR count). The van der Waals surface area contributed by atoms with Crippen LogP contribution in [0.5, 0.6) is 23.1 Å². The second kappa shape index (κ2) is 14.9. The highest BCUT2D eigenvalue weighted by molar-refractivity contribution is 7.91. The largest absolute Gasteiger partial charge is 0.493 e. The molecule has 17 nitrogen and oxygen atoms in total. The third-order valence-corrected chi connectivity index (χ3v) is 13.6. The molecule has 18 heteroatoms. The molecule has 4 heterocycles. The number of rotatable bonds is 6. The minimum absolute atomic E-state index is 0.0410.